The number of aryl methyl sites for hydroxylation is 1. The Hall–Kier alpha value is -1.15. The van der Waals surface area contributed by atoms with Crippen molar-refractivity contribution in [3.63, 3.8) is 0 Å². The summed E-state index contributed by atoms with van der Waals surface area (Å²) in [4.78, 5) is 2.92. The lowest BCUT2D eigenvalue weighted by Gasteiger charge is -2.27. The number of hydrazine groups is 1. The second kappa shape index (κ2) is 5.69. The Kier molecular flexibility index (Phi) is 3.93. The molecule has 0 spiro atoms. The SMILES string of the molecule is O=S(=O)(NN1CCOCC1)c1ccc2c(c1)NCCC2. The van der Waals surface area contributed by atoms with Crippen molar-refractivity contribution in [3.8, 4) is 0 Å². The zero-order chi connectivity index (χ0) is 14.0. The van der Waals surface area contributed by atoms with Crippen LogP contribution in [0, 0.1) is 0 Å². The van der Waals surface area contributed by atoms with Crippen LogP contribution < -0.4 is 10.1 Å². The van der Waals surface area contributed by atoms with Gasteiger partial charge in [-0.15, -0.1) is 4.83 Å². The summed E-state index contributed by atoms with van der Waals surface area (Å²) in [7, 11) is -3.51. The van der Waals surface area contributed by atoms with Crippen LogP contribution in [0.4, 0.5) is 5.69 Å². The van der Waals surface area contributed by atoms with Gasteiger partial charge in [-0.2, -0.15) is 0 Å². The summed E-state index contributed by atoms with van der Waals surface area (Å²) in [6.45, 7) is 3.14. The van der Waals surface area contributed by atoms with E-state index >= 15 is 0 Å². The highest BCUT2D eigenvalue weighted by Crippen LogP contribution is 2.25. The Balaban J connectivity index is 1.79. The molecule has 7 heteroatoms. The Morgan fingerprint density at radius 2 is 2.05 bits per heavy atom. The maximum atomic E-state index is 12.4. The Morgan fingerprint density at radius 3 is 2.85 bits per heavy atom. The molecule has 0 aliphatic carbocycles. The molecule has 2 aliphatic heterocycles. The number of hydrogen-bond acceptors (Lipinski definition) is 5. The zero-order valence-corrected chi connectivity index (χ0v) is 12.1. The van der Waals surface area contributed by atoms with Crippen molar-refractivity contribution in [2.24, 2.45) is 0 Å². The number of sulfonamides is 1. The summed E-state index contributed by atoms with van der Waals surface area (Å²) in [5.74, 6) is 0. The molecule has 1 saturated heterocycles. The summed E-state index contributed by atoms with van der Waals surface area (Å²) in [5, 5.41) is 4.94. The Bertz CT molecular complexity index is 583. The molecule has 0 bridgehead atoms. The van der Waals surface area contributed by atoms with Crippen LogP contribution in [-0.4, -0.2) is 46.3 Å². The molecule has 2 N–H and O–H groups in total. The molecular weight excluding hydrogens is 278 g/mol. The quantitative estimate of drug-likeness (QED) is 0.853. The standard InChI is InChI=1S/C13H19N3O3S/c17-20(18,15-16-6-8-19-9-7-16)12-4-3-11-2-1-5-14-13(11)10-12/h3-4,10,14-15H,1-2,5-9H2. The lowest BCUT2D eigenvalue weighted by molar-refractivity contribution is 0.0272. The summed E-state index contributed by atoms with van der Waals surface area (Å²) >= 11 is 0. The third-order valence-electron chi connectivity index (χ3n) is 3.59. The van der Waals surface area contributed by atoms with Gasteiger partial charge in [-0.1, -0.05) is 6.07 Å². The number of benzene rings is 1. The van der Waals surface area contributed by atoms with Crippen molar-refractivity contribution in [2.45, 2.75) is 17.7 Å². The summed E-state index contributed by atoms with van der Waals surface area (Å²) < 4.78 is 29.9. The van der Waals surface area contributed by atoms with E-state index in [1.165, 1.54) is 5.56 Å². The molecule has 2 aliphatic rings. The normalized spacial score (nSPS) is 20.2. The number of hydrogen-bond donors (Lipinski definition) is 2. The van der Waals surface area contributed by atoms with Gasteiger partial charge in [0.2, 0.25) is 0 Å². The lowest BCUT2D eigenvalue weighted by Crippen LogP contribution is -2.48. The highest BCUT2D eigenvalue weighted by Gasteiger charge is 2.21. The molecule has 20 heavy (non-hydrogen) atoms. The van der Waals surface area contributed by atoms with E-state index in [1.807, 2.05) is 6.07 Å². The number of nitrogens with one attached hydrogen (secondary N) is 2. The van der Waals surface area contributed by atoms with E-state index in [4.69, 9.17) is 4.74 Å². The van der Waals surface area contributed by atoms with Gasteiger partial charge in [0.15, 0.2) is 0 Å². The van der Waals surface area contributed by atoms with Crippen LogP contribution in [0.3, 0.4) is 0 Å². The number of morpholine rings is 1. The van der Waals surface area contributed by atoms with E-state index in [2.05, 4.69) is 10.1 Å². The second-order valence-corrected chi connectivity index (χ2v) is 6.70. The fraction of sp³-hybridized carbons (Fsp3) is 0.538. The molecule has 6 nitrogen and oxygen atoms in total. The Morgan fingerprint density at radius 1 is 1.25 bits per heavy atom. The highest BCUT2D eigenvalue weighted by atomic mass is 32.2. The van der Waals surface area contributed by atoms with Gasteiger partial charge < -0.3 is 10.1 Å². The third kappa shape index (κ3) is 2.95. The summed E-state index contributed by atoms with van der Waals surface area (Å²) in [6, 6.07) is 5.29. The average molecular weight is 297 g/mol. The van der Waals surface area contributed by atoms with Crippen LogP contribution in [0.2, 0.25) is 0 Å². The van der Waals surface area contributed by atoms with Gasteiger partial charge in [-0.25, -0.2) is 13.4 Å². The van der Waals surface area contributed by atoms with Gasteiger partial charge in [0, 0.05) is 25.3 Å². The number of ether oxygens (including phenoxy) is 1. The molecular formula is C13H19N3O3S. The minimum absolute atomic E-state index is 0.303. The van der Waals surface area contributed by atoms with E-state index in [-0.39, 0.29) is 0 Å². The molecule has 110 valence electrons. The van der Waals surface area contributed by atoms with Crippen molar-refractivity contribution < 1.29 is 13.2 Å². The van der Waals surface area contributed by atoms with Gasteiger partial charge in [0.05, 0.1) is 18.1 Å². The van der Waals surface area contributed by atoms with Crippen molar-refractivity contribution in [1.29, 1.82) is 0 Å². The first kappa shape index (κ1) is 13.8. The van der Waals surface area contributed by atoms with E-state index < -0.39 is 10.0 Å². The first-order chi connectivity index (χ1) is 9.65. The van der Waals surface area contributed by atoms with E-state index in [0.717, 1.165) is 25.1 Å². The van der Waals surface area contributed by atoms with Crippen molar-refractivity contribution in [3.05, 3.63) is 23.8 Å². The van der Waals surface area contributed by atoms with Crippen LogP contribution >= 0.6 is 0 Å². The van der Waals surface area contributed by atoms with E-state index in [9.17, 15) is 8.42 Å². The molecule has 1 aromatic carbocycles. The minimum Gasteiger partial charge on any atom is -0.385 e. The van der Waals surface area contributed by atoms with Crippen molar-refractivity contribution >= 4 is 15.7 Å². The average Bonchev–Trinajstić information content (AvgIpc) is 2.47. The van der Waals surface area contributed by atoms with Crippen molar-refractivity contribution in [2.75, 3.05) is 38.2 Å². The maximum absolute atomic E-state index is 12.4. The first-order valence-electron chi connectivity index (χ1n) is 6.87. The van der Waals surface area contributed by atoms with Crippen LogP contribution in [0.25, 0.3) is 0 Å². The Labute approximate surface area is 119 Å². The topological polar surface area (TPSA) is 70.7 Å². The number of fused-ring (bicyclic) bond motifs is 1. The largest absolute Gasteiger partial charge is 0.385 e. The molecule has 1 fully saturated rings. The van der Waals surface area contributed by atoms with Gasteiger partial charge in [0.25, 0.3) is 10.0 Å². The fourth-order valence-corrected chi connectivity index (χ4v) is 3.63. The van der Waals surface area contributed by atoms with Crippen LogP contribution in [0.1, 0.15) is 12.0 Å². The highest BCUT2D eigenvalue weighted by molar-refractivity contribution is 7.89. The monoisotopic (exact) mass is 297 g/mol. The summed E-state index contributed by atoms with van der Waals surface area (Å²) in [6.07, 6.45) is 2.09. The van der Waals surface area contributed by atoms with E-state index in [0.29, 0.717) is 31.2 Å². The molecule has 0 atom stereocenters. The van der Waals surface area contributed by atoms with Gasteiger partial charge in [-0.3, -0.25) is 0 Å². The predicted octanol–water partition coefficient (Wildman–Crippen LogP) is 0.570. The van der Waals surface area contributed by atoms with Gasteiger partial charge in [0.1, 0.15) is 0 Å². The maximum Gasteiger partial charge on any atom is 0.253 e. The smallest absolute Gasteiger partial charge is 0.253 e. The lowest BCUT2D eigenvalue weighted by atomic mass is 10.0. The van der Waals surface area contributed by atoms with Crippen LogP contribution in [0.15, 0.2) is 23.1 Å². The van der Waals surface area contributed by atoms with Gasteiger partial charge >= 0.3 is 0 Å². The molecule has 0 amide bonds. The van der Waals surface area contributed by atoms with Crippen LogP contribution in [-0.2, 0) is 21.2 Å². The zero-order valence-electron chi connectivity index (χ0n) is 11.3. The molecule has 0 radical (unpaired) electrons. The van der Waals surface area contributed by atoms with E-state index in [1.54, 1.807) is 17.1 Å². The predicted molar refractivity (Wildman–Crippen MR) is 76.0 cm³/mol. The first-order valence-corrected chi connectivity index (χ1v) is 8.35. The third-order valence-corrected chi connectivity index (χ3v) is 4.96. The minimum atomic E-state index is -3.51. The molecule has 1 aromatic rings. The molecule has 0 unspecified atom stereocenters. The number of rotatable bonds is 3. The number of anilines is 1. The van der Waals surface area contributed by atoms with Crippen LogP contribution in [0.5, 0.6) is 0 Å². The fourth-order valence-electron chi connectivity index (χ4n) is 2.48. The summed E-state index contributed by atoms with van der Waals surface area (Å²) in [5.41, 5.74) is 2.11. The van der Waals surface area contributed by atoms with Gasteiger partial charge in [-0.05, 0) is 30.5 Å². The molecule has 3 rings (SSSR count). The van der Waals surface area contributed by atoms with Crippen molar-refractivity contribution in [1.82, 2.24) is 9.84 Å². The molecule has 0 saturated carbocycles. The number of nitrogens with zero attached hydrogens (tertiary/aromatic N) is 1. The second-order valence-electron chi connectivity index (χ2n) is 5.04. The molecule has 2 heterocycles. The molecule has 0 aromatic heterocycles.